The van der Waals surface area contributed by atoms with Crippen molar-refractivity contribution in [1.29, 1.82) is 0 Å². The van der Waals surface area contributed by atoms with E-state index in [1.54, 1.807) is 0 Å². The second kappa shape index (κ2) is 3.59. The molecule has 0 radical (unpaired) electrons. The summed E-state index contributed by atoms with van der Waals surface area (Å²) in [4.78, 5) is 20.7. The van der Waals surface area contributed by atoms with Gasteiger partial charge in [-0.3, -0.25) is 4.79 Å². The Morgan fingerprint density at radius 1 is 1.82 bits per heavy atom. The molecule has 62 valence electrons. The van der Waals surface area contributed by atoms with E-state index >= 15 is 0 Å². The average molecular weight is 177 g/mol. The Labute approximate surface area is 67.4 Å². The lowest BCUT2D eigenvalue weighted by Gasteiger charge is -2.21. The Morgan fingerprint density at radius 2 is 2.55 bits per heavy atom. The van der Waals surface area contributed by atoms with Crippen LogP contribution in [0.3, 0.4) is 0 Å². The molecule has 1 aliphatic rings. The quantitative estimate of drug-likeness (QED) is 0.479. The molecule has 0 aromatic carbocycles. The van der Waals surface area contributed by atoms with E-state index in [2.05, 4.69) is 4.74 Å². The molecule has 1 saturated heterocycles. The summed E-state index contributed by atoms with van der Waals surface area (Å²) in [6, 6.07) is 0. The molecule has 0 saturated carbocycles. The van der Waals surface area contributed by atoms with E-state index < -0.39 is 11.3 Å². The van der Waals surface area contributed by atoms with Crippen LogP contribution in [0.25, 0.3) is 0 Å². The smallest absolute Gasteiger partial charge is 0.382 e. The van der Waals surface area contributed by atoms with Crippen LogP contribution >= 0.6 is 11.9 Å². The summed E-state index contributed by atoms with van der Waals surface area (Å²) >= 11 is 0.806. The lowest BCUT2D eigenvalue weighted by molar-refractivity contribution is -0.137. The van der Waals surface area contributed by atoms with Gasteiger partial charge in [-0.05, 0) is 0 Å². The van der Waals surface area contributed by atoms with Crippen molar-refractivity contribution >= 4 is 23.2 Å². The predicted octanol–water partition coefficient (Wildman–Crippen LogP) is 0.171. The number of rotatable bonds is 2. The van der Waals surface area contributed by atoms with Gasteiger partial charge in [0.2, 0.25) is 0 Å². The number of ether oxygens (including phenoxy) is 1. The maximum atomic E-state index is 10.6. The number of cyclic esters (lactones) is 1. The van der Waals surface area contributed by atoms with E-state index in [-0.39, 0.29) is 13.2 Å². The minimum atomic E-state index is -0.938. The van der Waals surface area contributed by atoms with Crippen molar-refractivity contribution in [3.8, 4) is 0 Å². The first-order valence-electron chi connectivity index (χ1n) is 3.00. The highest BCUT2D eigenvalue weighted by atomic mass is 32.2. The highest BCUT2D eigenvalue weighted by molar-refractivity contribution is 8.11. The summed E-state index contributed by atoms with van der Waals surface area (Å²) in [5.41, 5.74) is 0. The number of hydrogen-bond acceptors (Lipinski definition) is 5. The molecule has 0 aromatic heterocycles. The zero-order valence-electron chi connectivity index (χ0n) is 5.65. The van der Waals surface area contributed by atoms with Gasteiger partial charge in [0.1, 0.15) is 13.2 Å². The van der Waals surface area contributed by atoms with Crippen molar-refractivity contribution in [1.82, 2.24) is 4.31 Å². The lowest BCUT2D eigenvalue weighted by Crippen LogP contribution is -2.32. The number of carboxylic acid groups (broad SMARTS) is 1. The number of aliphatic carboxylic acids is 1. The van der Waals surface area contributed by atoms with Crippen molar-refractivity contribution < 1.29 is 19.4 Å². The summed E-state index contributed by atoms with van der Waals surface area (Å²) in [6.45, 7) is 0.627. The minimum absolute atomic E-state index is 0.125. The predicted molar refractivity (Wildman–Crippen MR) is 38.1 cm³/mol. The molecule has 0 atom stereocenters. The standard InChI is InChI=1S/C5H7NO4S/c7-4(8)3-6-1-2-10-5(9)11-6/h1-3H2,(H,7,8). The Kier molecular flexibility index (Phi) is 2.72. The molecule has 1 aliphatic heterocycles. The van der Waals surface area contributed by atoms with Crippen LogP contribution in [0.4, 0.5) is 4.79 Å². The van der Waals surface area contributed by atoms with Crippen LogP contribution in [0.1, 0.15) is 0 Å². The van der Waals surface area contributed by atoms with Crippen molar-refractivity contribution in [3.63, 3.8) is 0 Å². The third-order valence-corrected chi connectivity index (χ3v) is 1.91. The molecule has 0 amide bonds. The molecule has 11 heavy (non-hydrogen) atoms. The highest BCUT2D eigenvalue weighted by Crippen LogP contribution is 2.16. The average Bonchev–Trinajstić information content (AvgIpc) is 1.85. The molecule has 0 bridgehead atoms. The van der Waals surface area contributed by atoms with Crippen molar-refractivity contribution in [2.75, 3.05) is 19.7 Å². The molecule has 1 rings (SSSR count). The Balaban J connectivity index is 2.34. The molecular formula is C5H7NO4S. The molecule has 0 spiro atoms. The van der Waals surface area contributed by atoms with E-state index in [1.165, 1.54) is 4.31 Å². The second-order valence-corrected chi connectivity index (χ2v) is 2.98. The largest absolute Gasteiger partial charge is 0.480 e. The summed E-state index contributed by atoms with van der Waals surface area (Å²) in [6.07, 6.45) is 0. The van der Waals surface area contributed by atoms with Crippen LogP contribution in [0.5, 0.6) is 0 Å². The Bertz CT molecular complexity index is 181. The van der Waals surface area contributed by atoms with Crippen molar-refractivity contribution in [2.45, 2.75) is 0 Å². The molecule has 1 heterocycles. The van der Waals surface area contributed by atoms with Crippen LogP contribution in [0.2, 0.25) is 0 Å². The zero-order chi connectivity index (χ0) is 8.27. The fourth-order valence-corrected chi connectivity index (χ4v) is 1.36. The van der Waals surface area contributed by atoms with Gasteiger partial charge in [0.25, 0.3) is 0 Å². The van der Waals surface area contributed by atoms with Gasteiger partial charge in [-0.1, -0.05) is 0 Å². The fraction of sp³-hybridized carbons (Fsp3) is 0.600. The normalized spacial score (nSPS) is 19.5. The number of hydrogen-bond donors (Lipinski definition) is 1. The summed E-state index contributed by atoms with van der Waals surface area (Å²) < 4.78 is 6.03. The zero-order valence-corrected chi connectivity index (χ0v) is 6.47. The van der Waals surface area contributed by atoms with Crippen molar-refractivity contribution in [3.05, 3.63) is 0 Å². The third-order valence-electron chi connectivity index (χ3n) is 1.08. The van der Waals surface area contributed by atoms with Crippen LogP contribution in [0.15, 0.2) is 0 Å². The molecule has 0 unspecified atom stereocenters. The topological polar surface area (TPSA) is 66.8 Å². The molecule has 6 heteroatoms. The first-order valence-corrected chi connectivity index (χ1v) is 3.77. The van der Waals surface area contributed by atoms with Gasteiger partial charge >= 0.3 is 11.3 Å². The van der Waals surface area contributed by atoms with E-state index in [4.69, 9.17) is 5.11 Å². The van der Waals surface area contributed by atoms with Crippen LogP contribution in [-0.4, -0.2) is 40.4 Å². The highest BCUT2D eigenvalue weighted by Gasteiger charge is 2.20. The van der Waals surface area contributed by atoms with Crippen LogP contribution < -0.4 is 0 Å². The lowest BCUT2D eigenvalue weighted by atomic mass is 10.6. The number of carbonyl (C=O) groups is 2. The van der Waals surface area contributed by atoms with E-state index in [0.29, 0.717) is 6.54 Å². The van der Waals surface area contributed by atoms with E-state index in [9.17, 15) is 9.59 Å². The molecule has 1 N–H and O–H groups in total. The Hall–Kier alpha value is -0.750. The van der Waals surface area contributed by atoms with E-state index in [1.807, 2.05) is 0 Å². The first kappa shape index (κ1) is 8.35. The SMILES string of the molecule is O=C(O)CN1CCOC(=O)S1. The molecule has 1 fully saturated rings. The molecule has 5 nitrogen and oxygen atoms in total. The third kappa shape index (κ3) is 2.77. The summed E-state index contributed by atoms with van der Waals surface area (Å²) in [5, 5.41) is 7.91. The maximum Gasteiger partial charge on any atom is 0.382 e. The van der Waals surface area contributed by atoms with Gasteiger partial charge in [-0.2, -0.15) is 0 Å². The molecular weight excluding hydrogens is 170 g/mol. The minimum Gasteiger partial charge on any atom is -0.480 e. The van der Waals surface area contributed by atoms with Gasteiger partial charge in [0.05, 0.1) is 0 Å². The number of nitrogens with zero attached hydrogens (tertiary/aromatic N) is 1. The monoisotopic (exact) mass is 177 g/mol. The van der Waals surface area contributed by atoms with Gasteiger partial charge < -0.3 is 9.84 Å². The number of carbonyl (C=O) groups excluding carboxylic acids is 1. The summed E-state index contributed by atoms with van der Waals surface area (Å²) in [7, 11) is 0. The molecule has 0 aromatic rings. The maximum absolute atomic E-state index is 10.6. The number of carboxylic acids is 1. The molecule has 0 aliphatic carbocycles. The van der Waals surface area contributed by atoms with Gasteiger partial charge in [-0.25, -0.2) is 9.10 Å². The van der Waals surface area contributed by atoms with Crippen LogP contribution in [0, 0.1) is 0 Å². The van der Waals surface area contributed by atoms with Gasteiger partial charge in [-0.15, -0.1) is 0 Å². The van der Waals surface area contributed by atoms with E-state index in [0.717, 1.165) is 11.9 Å². The summed E-state index contributed by atoms with van der Waals surface area (Å²) in [5.74, 6) is -0.938. The first-order chi connectivity index (χ1) is 5.18. The van der Waals surface area contributed by atoms with Gasteiger partial charge in [0, 0.05) is 18.5 Å². The Morgan fingerprint density at radius 3 is 3.09 bits per heavy atom. The van der Waals surface area contributed by atoms with Crippen molar-refractivity contribution in [2.24, 2.45) is 0 Å². The second-order valence-electron chi connectivity index (χ2n) is 1.95. The van der Waals surface area contributed by atoms with Gasteiger partial charge in [0.15, 0.2) is 0 Å². The fourth-order valence-electron chi connectivity index (χ4n) is 0.670. The van der Waals surface area contributed by atoms with Crippen LogP contribution in [-0.2, 0) is 9.53 Å².